The molecule has 1 aliphatic heterocycles. The fourth-order valence-corrected chi connectivity index (χ4v) is 3.15. The smallest absolute Gasteiger partial charge is 0.412 e. The van der Waals surface area contributed by atoms with E-state index in [2.05, 4.69) is 5.32 Å². The molecule has 0 radical (unpaired) electrons. The van der Waals surface area contributed by atoms with Gasteiger partial charge in [-0.15, -0.1) is 0 Å². The fraction of sp³-hybridized carbons (Fsp3) is 0.278. The van der Waals surface area contributed by atoms with Crippen molar-refractivity contribution in [2.24, 2.45) is 0 Å². The zero-order valence-corrected chi connectivity index (χ0v) is 13.5. The maximum Gasteiger partial charge on any atom is 0.412 e. The number of anilines is 1. The summed E-state index contributed by atoms with van der Waals surface area (Å²) < 4.78 is 5.59. The van der Waals surface area contributed by atoms with Crippen LogP contribution in [0.1, 0.15) is 32.3 Å². The molecule has 0 unspecified atom stereocenters. The third kappa shape index (κ3) is 2.60. The molecule has 0 saturated carbocycles. The van der Waals surface area contributed by atoms with Gasteiger partial charge < -0.3 is 4.74 Å². The summed E-state index contributed by atoms with van der Waals surface area (Å²) in [6, 6.07) is 12.1. The van der Waals surface area contributed by atoms with Gasteiger partial charge in [0.2, 0.25) is 0 Å². The molecule has 124 valence electrons. The minimum atomic E-state index is -0.672. The monoisotopic (exact) mass is 326 g/mol. The number of rotatable bonds is 4. The van der Waals surface area contributed by atoms with Gasteiger partial charge in [0, 0.05) is 17.7 Å². The molecule has 6 heteroatoms. The number of carbonyl (C=O) groups is 1. The van der Waals surface area contributed by atoms with Crippen molar-refractivity contribution in [3.05, 3.63) is 58.1 Å². The zero-order chi connectivity index (χ0) is 17.3. The third-order valence-electron chi connectivity index (χ3n) is 4.57. The average molecular weight is 326 g/mol. The molecule has 0 bridgehead atoms. The lowest BCUT2D eigenvalue weighted by molar-refractivity contribution is -0.384. The third-order valence-corrected chi connectivity index (χ3v) is 4.57. The molecule has 6 nitrogen and oxygen atoms in total. The van der Waals surface area contributed by atoms with Crippen LogP contribution in [0.25, 0.3) is 11.1 Å². The van der Waals surface area contributed by atoms with Crippen LogP contribution >= 0.6 is 0 Å². The first-order valence-corrected chi connectivity index (χ1v) is 7.88. The van der Waals surface area contributed by atoms with E-state index in [0.29, 0.717) is 12.8 Å². The normalized spacial score (nSPS) is 15.2. The first-order chi connectivity index (χ1) is 11.5. The van der Waals surface area contributed by atoms with Gasteiger partial charge in [-0.2, -0.15) is 0 Å². The average Bonchev–Trinajstić information content (AvgIpc) is 2.60. The van der Waals surface area contributed by atoms with E-state index in [1.165, 1.54) is 6.07 Å². The van der Waals surface area contributed by atoms with Crippen molar-refractivity contribution in [2.45, 2.75) is 32.3 Å². The van der Waals surface area contributed by atoms with Crippen LogP contribution in [-0.4, -0.2) is 11.0 Å². The number of non-ortho nitro benzene ring substituents is 1. The number of fused-ring (bicyclic) bond motifs is 1. The van der Waals surface area contributed by atoms with E-state index < -0.39 is 16.6 Å². The molecule has 2 aromatic rings. The Morgan fingerprint density at radius 1 is 1.12 bits per heavy atom. The molecule has 0 saturated heterocycles. The van der Waals surface area contributed by atoms with Crippen molar-refractivity contribution in [1.29, 1.82) is 0 Å². The first kappa shape index (κ1) is 16.0. The maximum absolute atomic E-state index is 11.8. The topological polar surface area (TPSA) is 81.5 Å². The highest BCUT2D eigenvalue weighted by Crippen LogP contribution is 2.42. The second kappa shape index (κ2) is 5.96. The number of nitrogens with zero attached hydrogens (tertiary/aromatic N) is 1. The summed E-state index contributed by atoms with van der Waals surface area (Å²) in [7, 11) is 0. The molecule has 0 atom stereocenters. The van der Waals surface area contributed by atoms with Crippen molar-refractivity contribution in [2.75, 3.05) is 5.32 Å². The number of amides is 1. The summed E-state index contributed by atoms with van der Waals surface area (Å²) in [5.74, 6) is 0. The molecule has 1 heterocycles. The molecule has 0 aromatic heterocycles. The number of nitro groups is 1. The summed E-state index contributed by atoms with van der Waals surface area (Å²) in [5, 5.41) is 13.7. The molecule has 0 spiro atoms. The summed E-state index contributed by atoms with van der Waals surface area (Å²) in [4.78, 5) is 22.4. The van der Waals surface area contributed by atoms with Gasteiger partial charge in [-0.1, -0.05) is 32.0 Å². The van der Waals surface area contributed by atoms with Crippen molar-refractivity contribution < 1.29 is 14.5 Å². The van der Waals surface area contributed by atoms with E-state index in [1.807, 2.05) is 38.1 Å². The van der Waals surface area contributed by atoms with Gasteiger partial charge in [0.1, 0.15) is 5.60 Å². The van der Waals surface area contributed by atoms with Crippen LogP contribution in [-0.2, 0) is 10.3 Å². The Balaban J connectivity index is 2.12. The molecule has 1 aliphatic rings. The number of hydrogen-bond donors (Lipinski definition) is 1. The highest BCUT2D eigenvalue weighted by molar-refractivity contribution is 5.89. The SMILES string of the molecule is CCC1(CC)OC(=O)Nc2ccc(-c3cccc([N+](=O)[O-])c3)cc21. The highest BCUT2D eigenvalue weighted by atomic mass is 16.6. The second-order valence-corrected chi connectivity index (χ2v) is 5.78. The Hall–Kier alpha value is -2.89. The van der Waals surface area contributed by atoms with Crippen LogP contribution < -0.4 is 5.32 Å². The maximum atomic E-state index is 11.8. The number of cyclic esters (lactones) is 1. The quantitative estimate of drug-likeness (QED) is 0.644. The standard InChI is InChI=1S/C18H18N2O4/c1-3-18(4-2)15-11-13(8-9-16(15)19-17(21)24-18)12-6-5-7-14(10-12)20(22)23/h5-11H,3-4H2,1-2H3,(H,19,21). The van der Waals surface area contributed by atoms with Gasteiger partial charge in [0.25, 0.3) is 5.69 Å². The van der Waals surface area contributed by atoms with Crippen LogP contribution in [0, 0.1) is 10.1 Å². The van der Waals surface area contributed by atoms with E-state index in [1.54, 1.807) is 12.1 Å². The molecule has 24 heavy (non-hydrogen) atoms. The molecule has 1 amide bonds. The Bertz CT molecular complexity index is 812. The van der Waals surface area contributed by atoms with E-state index in [-0.39, 0.29) is 5.69 Å². The predicted molar refractivity (Wildman–Crippen MR) is 90.9 cm³/mol. The first-order valence-electron chi connectivity index (χ1n) is 7.88. The molecule has 3 rings (SSSR count). The van der Waals surface area contributed by atoms with Crippen LogP contribution in [0.3, 0.4) is 0 Å². The van der Waals surface area contributed by atoms with Crippen molar-refractivity contribution in [3.63, 3.8) is 0 Å². The lowest BCUT2D eigenvalue weighted by atomic mass is 9.84. The van der Waals surface area contributed by atoms with Crippen molar-refractivity contribution >= 4 is 17.5 Å². The van der Waals surface area contributed by atoms with Crippen molar-refractivity contribution in [3.8, 4) is 11.1 Å². The summed E-state index contributed by atoms with van der Waals surface area (Å²) >= 11 is 0. The lowest BCUT2D eigenvalue weighted by Gasteiger charge is -2.37. The molecule has 0 aliphatic carbocycles. The largest absolute Gasteiger partial charge is 0.438 e. The Morgan fingerprint density at radius 2 is 1.83 bits per heavy atom. The number of carbonyl (C=O) groups excluding carboxylic acids is 1. The van der Waals surface area contributed by atoms with Gasteiger partial charge in [0.05, 0.1) is 10.6 Å². The fourth-order valence-electron chi connectivity index (χ4n) is 3.15. The molecule has 1 N–H and O–H groups in total. The summed E-state index contributed by atoms with van der Waals surface area (Å²) in [6.07, 6.45) is 0.860. The van der Waals surface area contributed by atoms with Crippen LogP contribution in [0.4, 0.5) is 16.2 Å². The number of benzene rings is 2. The summed E-state index contributed by atoms with van der Waals surface area (Å²) in [6.45, 7) is 3.96. The molecular weight excluding hydrogens is 308 g/mol. The lowest BCUT2D eigenvalue weighted by Crippen LogP contribution is -2.38. The molecule has 0 fully saturated rings. The summed E-state index contributed by atoms with van der Waals surface area (Å²) in [5.41, 5.74) is 2.61. The van der Waals surface area contributed by atoms with Gasteiger partial charge in [0.15, 0.2) is 0 Å². The van der Waals surface area contributed by atoms with Crippen molar-refractivity contribution in [1.82, 2.24) is 0 Å². The van der Waals surface area contributed by atoms with Gasteiger partial charge in [-0.05, 0) is 36.1 Å². The van der Waals surface area contributed by atoms with E-state index >= 15 is 0 Å². The Morgan fingerprint density at radius 3 is 2.50 bits per heavy atom. The molecular formula is C18H18N2O4. The number of ether oxygens (including phenoxy) is 1. The van der Waals surface area contributed by atoms with Crippen LogP contribution in [0.15, 0.2) is 42.5 Å². The Kier molecular flexibility index (Phi) is 3.97. The highest BCUT2D eigenvalue weighted by Gasteiger charge is 2.39. The van der Waals surface area contributed by atoms with E-state index in [0.717, 1.165) is 22.4 Å². The number of nitrogens with one attached hydrogen (secondary N) is 1. The second-order valence-electron chi connectivity index (χ2n) is 5.78. The molecule has 2 aromatic carbocycles. The van der Waals surface area contributed by atoms with Crippen LogP contribution in [0.2, 0.25) is 0 Å². The zero-order valence-electron chi connectivity index (χ0n) is 13.5. The van der Waals surface area contributed by atoms with Gasteiger partial charge in [-0.3, -0.25) is 15.4 Å². The number of hydrogen-bond acceptors (Lipinski definition) is 4. The minimum absolute atomic E-state index is 0.0482. The van der Waals surface area contributed by atoms with Gasteiger partial charge >= 0.3 is 6.09 Å². The predicted octanol–water partition coefficient (Wildman–Crippen LogP) is 4.84. The van der Waals surface area contributed by atoms with E-state index in [9.17, 15) is 14.9 Å². The van der Waals surface area contributed by atoms with Crippen LogP contribution in [0.5, 0.6) is 0 Å². The minimum Gasteiger partial charge on any atom is -0.438 e. The van der Waals surface area contributed by atoms with E-state index in [4.69, 9.17) is 4.74 Å². The number of nitro benzene ring substituents is 1. The Labute approximate surface area is 139 Å². The van der Waals surface area contributed by atoms with Gasteiger partial charge in [-0.25, -0.2) is 4.79 Å².